The van der Waals surface area contributed by atoms with Crippen molar-refractivity contribution < 1.29 is 18.3 Å². The summed E-state index contributed by atoms with van der Waals surface area (Å²) in [5.41, 5.74) is 0.0222. The van der Waals surface area contributed by atoms with Crippen molar-refractivity contribution in [2.45, 2.75) is 25.0 Å². The molecule has 0 saturated carbocycles. The molecule has 4 heterocycles. The SMILES string of the molecule is CN(C)C/C=C/C(=O)N1CCN(c2nc(=O)n3c4c(c(-c5ccc(F)cc5F)c(Cl)cc24)OCC3Cn2cccn2)C[C@@H]1CC#N. The van der Waals surface area contributed by atoms with Gasteiger partial charge >= 0.3 is 5.69 Å². The van der Waals surface area contributed by atoms with Crippen LogP contribution in [0.1, 0.15) is 12.5 Å². The van der Waals surface area contributed by atoms with Gasteiger partial charge in [-0.05, 0) is 38.4 Å². The Hall–Kier alpha value is -4.80. The highest BCUT2D eigenvalue weighted by Crippen LogP contribution is 2.47. The molecular weight excluding hydrogens is 618 g/mol. The lowest BCUT2D eigenvalue weighted by Crippen LogP contribution is -2.55. The van der Waals surface area contributed by atoms with Crippen molar-refractivity contribution in [1.29, 1.82) is 5.26 Å². The molecule has 0 radical (unpaired) electrons. The summed E-state index contributed by atoms with van der Waals surface area (Å²) in [6.45, 7) is 1.81. The topological polar surface area (TPSA) is 113 Å². The van der Waals surface area contributed by atoms with E-state index in [1.165, 1.54) is 16.7 Å². The molecule has 2 aromatic carbocycles. The molecule has 2 atom stereocenters. The molecule has 1 amide bonds. The number of hydrogen-bond donors (Lipinski definition) is 0. The third kappa shape index (κ3) is 5.93. The highest BCUT2D eigenvalue weighted by Gasteiger charge is 2.35. The Morgan fingerprint density at radius 1 is 1.24 bits per heavy atom. The average molecular weight is 649 g/mol. The van der Waals surface area contributed by atoms with Gasteiger partial charge in [0.25, 0.3) is 0 Å². The van der Waals surface area contributed by atoms with Crippen molar-refractivity contribution in [2.75, 3.05) is 51.8 Å². The zero-order chi connectivity index (χ0) is 32.5. The number of piperazine rings is 1. The van der Waals surface area contributed by atoms with Crippen molar-refractivity contribution in [3.05, 3.63) is 82.0 Å². The van der Waals surface area contributed by atoms with Crippen LogP contribution in [-0.2, 0) is 11.3 Å². The second-order valence-corrected chi connectivity index (χ2v) is 11.9. The summed E-state index contributed by atoms with van der Waals surface area (Å²) in [5, 5.41) is 14.5. The van der Waals surface area contributed by atoms with Crippen LogP contribution in [0, 0.1) is 23.0 Å². The Kier molecular flexibility index (Phi) is 8.75. The van der Waals surface area contributed by atoms with Gasteiger partial charge in [0.15, 0.2) is 5.75 Å². The van der Waals surface area contributed by atoms with Gasteiger partial charge in [-0.2, -0.15) is 15.3 Å². The van der Waals surface area contributed by atoms with Crippen molar-refractivity contribution >= 4 is 34.2 Å². The molecule has 11 nitrogen and oxygen atoms in total. The first-order valence-electron chi connectivity index (χ1n) is 14.7. The molecule has 1 fully saturated rings. The number of hydrogen-bond acceptors (Lipinski definition) is 8. The average Bonchev–Trinajstić information content (AvgIpc) is 3.53. The molecule has 0 spiro atoms. The van der Waals surface area contributed by atoms with E-state index in [1.807, 2.05) is 23.9 Å². The molecule has 46 heavy (non-hydrogen) atoms. The largest absolute Gasteiger partial charge is 0.488 e. The Bertz CT molecular complexity index is 1920. The van der Waals surface area contributed by atoms with Gasteiger partial charge in [-0.1, -0.05) is 17.7 Å². The van der Waals surface area contributed by atoms with E-state index in [0.29, 0.717) is 42.9 Å². The fourth-order valence-corrected chi connectivity index (χ4v) is 6.38. The molecule has 6 rings (SSSR count). The summed E-state index contributed by atoms with van der Waals surface area (Å²) < 4.78 is 38.5. The number of benzene rings is 2. The van der Waals surface area contributed by atoms with Gasteiger partial charge in [0.2, 0.25) is 5.91 Å². The van der Waals surface area contributed by atoms with Crippen LogP contribution in [0.15, 0.2) is 59.7 Å². The van der Waals surface area contributed by atoms with Crippen LogP contribution >= 0.6 is 11.6 Å². The van der Waals surface area contributed by atoms with Crippen molar-refractivity contribution in [1.82, 2.24) is 29.1 Å². The third-order valence-corrected chi connectivity index (χ3v) is 8.46. The number of aromatic nitrogens is 4. The van der Waals surface area contributed by atoms with E-state index in [4.69, 9.17) is 16.3 Å². The van der Waals surface area contributed by atoms with Gasteiger partial charge in [0, 0.05) is 67.2 Å². The fourth-order valence-electron chi connectivity index (χ4n) is 6.08. The minimum atomic E-state index is -0.831. The van der Waals surface area contributed by atoms with Crippen LogP contribution in [0.25, 0.3) is 22.0 Å². The summed E-state index contributed by atoms with van der Waals surface area (Å²) in [6, 6.07) is 7.76. The van der Waals surface area contributed by atoms with Crippen LogP contribution in [0.3, 0.4) is 0 Å². The number of carbonyl (C=O) groups is 1. The lowest BCUT2D eigenvalue weighted by molar-refractivity contribution is -0.128. The molecule has 14 heteroatoms. The monoisotopic (exact) mass is 648 g/mol. The number of nitrogens with zero attached hydrogens (tertiary/aromatic N) is 8. The van der Waals surface area contributed by atoms with Crippen LogP contribution in [-0.4, -0.2) is 88.0 Å². The molecule has 1 unspecified atom stereocenters. The van der Waals surface area contributed by atoms with Gasteiger partial charge in [0.05, 0.1) is 41.7 Å². The molecule has 0 N–H and O–H groups in total. The molecular formula is C32H31ClF2N8O3. The first-order valence-corrected chi connectivity index (χ1v) is 15.1. The standard InChI is InChI=1S/C32H31ClF2N8O3/c1-39(2)11-3-5-27(44)42-14-13-40(17-21(42)8-9-36)31-24-16-25(33)28(23-7-6-20(34)15-26(23)35)30-29(24)43(32(45)38-31)22(19-46-30)18-41-12-4-10-37-41/h3-7,10,12,15-16,21-22H,8,11,13-14,17-19H2,1-2H3/b5-3+/t21-,22?/m0/s1. The van der Waals surface area contributed by atoms with Crippen molar-refractivity contribution in [3.8, 4) is 22.9 Å². The summed E-state index contributed by atoms with van der Waals surface area (Å²) in [7, 11) is 3.80. The van der Waals surface area contributed by atoms with Gasteiger partial charge in [0.1, 0.15) is 24.1 Å². The van der Waals surface area contributed by atoms with Crippen molar-refractivity contribution in [3.63, 3.8) is 0 Å². The van der Waals surface area contributed by atoms with Gasteiger partial charge in [-0.3, -0.25) is 14.0 Å². The Morgan fingerprint density at radius 3 is 2.78 bits per heavy atom. The van der Waals surface area contributed by atoms with Crippen LogP contribution in [0.2, 0.25) is 5.02 Å². The minimum Gasteiger partial charge on any atom is -0.488 e. The Labute approximate surface area is 268 Å². The van der Waals surface area contributed by atoms with Gasteiger partial charge < -0.3 is 19.4 Å². The van der Waals surface area contributed by atoms with Crippen LogP contribution in [0.5, 0.6) is 5.75 Å². The van der Waals surface area contributed by atoms with E-state index < -0.39 is 29.4 Å². The van der Waals surface area contributed by atoms with E-state index in [2.05, 4.69) is 16.2 Å². The summed E-state index contributed by atoms with van der Waals surface area (Å²) >= 11 is 6.83. The summed E-state index contributed by atoms with van der Waals surface area (Å²) in [4.78, 5) is 37.0. The van der Waals surface area contributed by atoms with Gasteiger partial charge in [-0.25, -0.2) is 13.6 Å². The number of likely N-dealkylation sites (N-methyl/N-ethyl adjacent to an activating group) is 1. The van der Waals surface area contributed by atoms with E-state index in [1.54, 1.807) is 40.2 Å². The molecule has 2 aliphatic rings. The molecule has 1 saturated heterocycles. The second kappa shape index (κ2) is 12.9. The fraction of sp³-hybridized carbons (Fsp3) is 0.344. The van der Waals surface area contributed by atoms with E-state index in [9.17, 15) is 19.2 Å². The highest BCUT2D eigenvalue weighted by molar-refractivity contribution is 6.35. The molecule has 0 bridgehead atoms. The summed E-state index contributed by atoms with van der Waals surface area (Å²) in [5.74, 6) is -1.28. The predicted octanol–water partition coefficient (Wildman–Crippen LogP) is 3.87. The van der Waals surface area contributed by atoms with E-state index in [0.717, 1.165) is 12.1 Å². The Morgan fingerprint density at radius 2 is 2.07 bits per heavy atom. The smallest absolute Gasteiger partial charge is 0.350 e. The Balaban J connectivity index is 1.47. The second-order valence-electron chi connectivity index (χ2n) is 11.5. The summed E-state index contributed by atoms with van der Waals surface area (Å²) in [6.07, 6.45) is 6.77. The predicted molar refractivity (Wildman–Crippen MR) is 169 cm³/mol. The maximum atomic E-state index is 15.1. The van der Waals surface area contributed by atoms with Crippen LogP contribution in [0.4, 0.5) is 14.6 Å². The molecule has 2 aromatic heterocycles. The zero-order valence-electron chi connectivity index (χ0n) is 25.2. The number of ether oxygens (including phenoxy) is 1. The molecule has 238 valence electrons. The van der Waals surface area contributed by atoms with E-state index >= 15 is 4.39 Å². The molecule has 4 aromatic rings. The highest BCUT2D eigenvalue weighted by atomic mass is 35.5. The van der Waals surface area contributed by atoms with E-state index in [-0.39, 0.29) is 47.4 Å². The number of amides is 1. The maximum Gasteiger partial charge on any atom is 0.350 e. The minimum absolute atomic E-state index is 0.0229. The number of rotatable bonds is 8. The number of anilines is 1. The van der Waals surface area contributed by atoms with Crippen molar-refractivity contribution in [2.24, 2.45) is 0 Å². The maximum absolute atomic E-state index is 15.1. The normalized spacial score (nSPS) is 17.9. The lowest BCUT2D eigenvalue weighted by Gasteiger charge is -2.41. The first-order chi connectivity index (χ1) is 22.2. The van der Waals surface area contributed by atoms with Crippen LogP contribution < -0.4 is 15.3 Å². The zero-order valence-corrected chi connectivity index (χ0v) is 26.0. The quantitative estimate of drug-likeness (QED) is 0.265. The third-order valence-electron chi connectivity index (χ3n) is 8.16. The number of carbonyl (C=O) groups excluding carboxylic acids is 1. The molecule has 2 aliphatic heterocycles. The lowest BCUT2D eigenvalue weighted by atomic mass is 9.99. The first kappa shape index (κ1) is 31.2. The molecule has 0 aliphatic carbocycles. The number of nitriles is 1. The van der Waals surface area contributed by atoms with Gasteiger partial charge in [-0.15, -0.1) is 0 Å². The number of halogens is 3.